The van der Waals surface area contributed by atoms with E-state index in [0.29, 0.717) is 10.8 Å². The van der Waals surface area contributed by atoms with Gasteiger partial charge in [-0.05, 0) is 47.6 Å². The lowest BCUT2D eigenvalue weighted by Gasteiger charge is -2.18. The van der Waals surface area contributed by atoms with Gasteiger partial charge in [-0.25, -0.2) is 9.37 Å². The molecule has 30 heavy (non-hydrogen) atoms. The molecule has 1 saturated heterocycles. The van der Waals surface area contributed by atoms with Crippen LogP contribution in [0.5, 0.6) is 0 Å². The van der Waals surface area contributed by atoms with Crippen molar-refractivity contribution < 1.29 is 9.18 Å². The summed E-state index contributed by atoms with van der Waals surface area (Å²) < 4.78 is 13.2. The molecule has 1 aliphatic heterocycles. The molecule has 0 saturated carbocycles. The molecule has 0 atom stereocenters. The number of amides is 1. The standard InChI is InChI=1S/C23H15FN4OS/c24-17-7-5-15(6-8-17)14-1-3-16(4-2-14)20-11-21(28-22(29)13-26-23(28)30)18-12-25-10-9-19(18)27-20/h1-12H,13H2,(H,26,30). The molecule has 1 fully saturated rings. The van der Waals surface area contributed by atoms with Gasteiger partial charge >= 0.3 is 0 Å². The van der Waals surface area contributed by atoms with Gasteiger partial charge in [0.25, 0.3) is 5.91 Å². The summed E-state index contributed by atoms with van der Waals surface area (Å²) in [7, 11) is 0. The summed E-state index contributed by atoms with van der Waals surface area (Å²) in [6.45, 7) is 0.171. The molecule has 1 N–H and O–H groups in total. The maximum Gasteiger partial charge on any atom is 0.252 e. The molecule has 4 aromatic rings. The topological polar surface area (TPSA) is 58.1 Å². The summed E-state index contributed by atoms with van der Waals surface area (Å²) in [5.41, 5.74) is 4.90. The van der Waals surface area contributed by atoms with Gasteiger partial charge in [0, 0.05) is 23.3 Å². The molecule has 2 aromatic heterocycles. The van der Waals surface area contributed by atoms with Crippen LogP contribution in [0.4, 0.5) is 10.1 Å². The number of nitrogens with one attached hydrogen (secondary N) is 1. The van der Waals surface area contributed by atoms with Crippen LogP contribution in [0.25, 0.3) is 33.3 Å². The van der Waals surface area contributed by atoms with Crippen molar-refractivity contribution in [3.63, 3.8) is 0 Å². The third-order valence-electron chi connectivity index (χ3n) is 5.03. The fraction of sp³-hybridized carbons (Fsp3) is 0.0435. The Morgan fingerprint density at radius 2 is 1.63 bits per heavy atom. The molecule has 5 nitrogen and oxygen atoms in total. The quantitative estimate of drug-likeness (QED) is 0.506. The highest BCUT2D eigenvalue weighted by Gasteiger charge is 2.29. The fourth-order valence-electron chi connectivity index (χ4n) is 3.53. The maximum absolute atomic E-state index is 13.2. The first-order valence-electron chi connectivity index (χ1n) is 9.32. The van der Waals surface area contributed by atoms with E-state index in [1.165, 1.54) is 17.0 Å². The minimum absolute atomic E-state index is 0.117. The monoisotopic (exact) mass is 414 g/mol. The summed E-state index contributed by atoms with van der Waals surface area (Å²) in [4.78, 5) is 22.8. The second kappa shape index (κ2) is 7.27. The van der Waals surface area contributed by atoms with E-state index in [0.717, 1.165) is 33.3 Å². The van der Waals surface area contributed by atoms with Gasteiger partial charge in [0.15, 0.2) is 5.11 Å². The minimum atomic E-state index is -0.262. The lowest BCUT2D eigenvalue weighted by Crippen LogP contribution is -2.30. The lowest BCUT2D eigenvalue weighted by molar-refractivity contribution is -0.115. The highest BCUT2D eigenvalue weighted by molar-refractivity contribution is 7.80. The number of halogens is 1. The molecule has 3 heterocycles. The van der Waals surface area contributed by atoms with E-state index in [-0.39, 0.29) is 18.3 Å². The number of benzene rings is 2. The molecule has 2 aromatic carbocycles. The summed E-state index contributed by atoms with van der Waals surface area (Å²) in [6, 6.07) is 17.9. The van der Waals surface area contributed by atoms with Crippen LogP contribution in [-0.2, 0) is 4.79 Å². The number of carbonyl (C=O) groups is 1. The normalized spacial score (nSPS) is 13.7. The Kier molecular flexibility index (Phi) is 4.44. The Bertz CT molecular complexity index is 1270. The highest BCUT2D eigenvalue weighted by atomic mass is 32.1. The number of fused-ring (bicyclic) bond motifs is 1. The van der Waals surface area contributed by atoms with Crippen LogP contribution in [0.1, 0.15) is 0 Å². The number of aromatic nitrogens is 2. The van der Waals surface area contributed by atoms with Gasteiger partial charge in [-0.1, -0.05) is 36.4 Å². The van der Waals surface area contributed by atoms with Crippen LogP contribution in [0, 0.1) is 5.82 Å². The molecule has 1 amide bonds. The van der Waals surface area contributed by atoms with Crippen LogP contribution in [0.2, 0.25) is 0 Å². The molecule has 0 radical (unpaired) electrons. The number of carbonyl (C=O) groups excluding carboxylic acids is 1. The van der Waals surface area contributed by atoms with Crippen molar-refractivity contribution in [3.05, 3.63) is 78.9 Å². The van der Waals surface area contributed by atoms with Crippen molar-refractivity contribution in [1.29, 1.82) is 0 Å². The van der Waals surface area contributed by atoms with Crippen molar-refractivity contribution in [1.82, 2.24) is 15.3 Å². The molecule has 7 heteroatoms. The fourth-order valence-corrected chi connectivity index (χ4v) is 3.80. The van der Waals surface area contributed by atoms with Crippen LogP contribution in [-0.4, -0.2) is 27.5 Å². The number of anilines is 1. The molecular weight excluding hydrogens is 399 g/mol. The van der Waals surface area contributed by atoms with Gasteiger partial charge in [-0.15, -0.1) is 0 Å². The Morgan fingerprint density at radius 1 is 0.967 bits per heavy atom. The number of hydrogen-bond acceptors (Lipinski definition) is 4. The first kappa shape index (κ1) is 18.3. The summed E-state index contributed by atoms with van der Waals surface area (Å²) in [5, 5.41) is 4.03. The zero-order valence-electron chi connectivity index (χ0n) is 15.7. The summed E-state index contributed by atoms with van der Waals surface area (Å²) >= 11 is 5.33. The second-order valence-corrected chi connectivity index (χ2v) is 7.28. The van der Waals surface area contributed by atoms with E-state index in [2.05, 4.69) is 10.3 Å². The molecular formula is C23H15FN4OS. The second-order valence-electron chi connectivity index (χ2n) is 6.89. The molecule has 1 aliphatic rings. The van der Waals surface area contributed by atoms with Crippen molar-refractivity contribution in [3.8, 4) is 22.4 Å². The molecule has 0 aliphatic carbocycles. The van der Waals surface area contributed by atoms with E-state index >= 15 is 0 Å². The molecule has 5 rings (SSSR count). The van der Waals surface area contributed by atoms with Crippen molar-refractivity contribution in [2.75, 3.05) is 11.4 Å². The van der Waals surface area contributed by atoms with Gasteiger partial charge in [0.1, 0.15) is 5.82 Å². The Hall–Kier alpha value is -3.71. The third-order valence-corrected chi connectivity index (χ3v) is 5.36. The molecule has 0 unspecified atom stereocenters. The van der Waals surface area contributed by atoms with Gasteiger partial charge in [-0.3, -0.25) is 14.7 Å². The van der Waals surface area contributed by atoms with Crippen LogP contribution >= 0.6 is 12.2 Å². The first-order valence-corrected chi connectivity index (χ1v) is 9.73. The van der Waals surface area contributed by atoms with E-state index in [4.69, 9.17) is 17.2 Å². The smallest absolute Gasteiger partial charge is 0.252 e. The lowest BCUT2D eigenvalue weighted by atomic mass is 10.0. The summed E-state index contributed by atoms with van der Waals surface area (Å²) in [6.07, 6.45) is 3.36. The van der Waals surface area contributed by atoms with E-state index in [1.807, 2.05) is 36.4 Å². The number of hydrogen-bond donors (Lipinski definition) is 1. The van der Waals surface area contributed by atoms with E-state index in [1.54, 1.807) is 24.5 Å². The Morgan fingerprint density at radius 3 is 2.30 bits per heavy atom. The van der Waals surface area contributed by atoms with E-state index < -0.39 is 0 Å². The average molecular weight is 414 g/mol. The minimum Gasteiger partial charge on any atom is -0.353 e. The molecule has 0 spiro atoms. The SMILES string of the molecule is O=C1CNC(=S)N1c1cc(-c2ccc(-c3ccc(F)cc3)cc2)nc2ccncc12. The molecule has 146 valence electrons. The predicted octanol–water partition coefficient (Wildman–Crippen LogP) is 4.32. The van der Waals surface area contributed by atoms with Crippen LogP contribution in [0.15, 0.2) is 73.1 Å². The Labute approximate surface area is 177 Å². The van der Waals surface area contributed by atoms with Crippen molar-refractivity contribution >= 4 is 39.8 Å². The van der Waals surface area contributed by atoms with Crippen molar-refractivity contribution in [2.45, 2.75) is 0 Å². The first-order chi connectivity index (χ1) is 14.6. The van der Waals surface area contributed by atoms with Gasteiger partial charge in [-0.2, -0.15) is 0 Å². The van der Waals surface area contributed by atoms with Gasteiger partial charge in [0.2, 0.25) is 0 Å². The zero-order chi connectivity index (χ0) is 20.7. The Balaban J connectivity index is 1.60. The van der Waals surface area contributed by atoms with Gasteiger partial charge < -0.3 is 5.32 Å². The highest BCUT2D eigenvalue weighted by Crippen LogP contribution is 2.32. The summed E-state index contributed by atoms with van der Waals surface area (Å²) in [5.74, 6) is -0.379. The zero-order valence-corrected chi connectivity index (χ0v) is 16.5. The molecule has 0 bridgehead atoms. The number of thiocarbonyl (C=S) groups is 1. The van der Waals surface area contributed by atoms with Gasteiger partial charge in [0.05, 0.1) is 23.4 Å². The third kappa shape index (κ3) is 3.19. The van der Waals surface area contributed by atoms with Crippen molar-refractivity contribution in [2.24, 2.45) is 0 Å². The van der Waals surface area contributed by atoms with Crippen LogP contribution < -0.4 is 10.2 Å². The number of rotatable bonds is 3. The average Bonchev–Trinajstić information content (AvgIpc) is 3.11. The number of nitrogens with zero attached hydrogens (tertiary/aromatic N) is 3. The number of pyridine rings is 2. The van der Waals surface area contributed by atoms with Crippen LogP contribution in [0.3, 0.4) is 0 Å². The predicted molar refractivity (Wildman–Crippen MR) is 118 cm³/mol. The maximum atomic E-state index is 13.2. The van der Waals surface area contributed by atoms with E-state index in [9.17, 15) is 9.18 Å². The largest absolute Gasteiger partial charge is 0.353 e.